The molecule has 1 aliphatic rings. The van der Waals surface area contributed by atoms with Crippen LogP contribution in [0.25, 0.3) is 12.2 Å². The summed E-state index contributed by atoms with van der Waals surface area (Å²) in [6.45, 7) is 0. The average molecular weight is 293 g/mol. The number of carbonyl (C=O) groups excluding carboxylic acids is 1. The molecule has 0 unspecified atom stereocenters. The molecule has 0 saturated carbocycles. The second-order valence-electron chi connectivity index (χ2n) is 4.66. The Morgan fingerprint density at radius 2 is 1.64 bits per heavy atom. The topological polar surface area (TPSA) is 38.7 Å². The molecule has 0 atom stereocenters. The standard InChI is InChI=1S/C18H12FNO2/c19-15-9-6-14(7-10-15)12-16-18(21)22-17(20-16)11-8-13-4-2-1-3-5-13/h1-12H/b11-8+,16-12+. The van der Waals surface area contributed by atoms with Crippen LogP contribution >= 0.6 is 0 Å². The molecule has 3 nitrogen and oxygen atoms in total. The van der Waals surface area contributed by atoms with Crippen LogP contribution in [-0.2, 0) is 9.53 Å². The third-order valence-electron chi connectivity index (χ3n) is 3.03. The van der Waals surface area contributed by atoms with Crippen molar-refractivity contribution in [1.29, 1.82) is 0 Å². The summed E-state index contributed by atoms with van der Waals surface area (Å²) in [5.41, 5.74) is 1.86. The number of halogens is 1. The first-order valence-corrected chi connectivity index (χ1v) is 6.72. The first kappa shape index (κ1) is 13.9. The number of cyclic esters (lactones) is 1. The highest BCUT2D eigenvalue weighted by Gasteiger charge is 2.20. The van der Waals surface area contributed by atoms with Gasteiger partial charge in [-0.25, -0.2) is 14.2 Å². The number of rotatable bonds is 3. The first-order valence-electron chi connectivity index (χ1n) is 6.72. The molecule has 108 valence electrons. The number of aliphatic imine (C=N–C) groups is 1. The lowest BCUT2D eigenvalue weighted by molar-refractivity contribution is -0.129. The van der Waals surface area contributed by atoms with Crippen LogP contribution in [0.3, 0.4) is 0 Å². The van der Waals surface area contributed by atoms with Crippen LogP contribution in [0.4, 0.5) is 4.39 Å². The molecule has 2 aromatic carbocycles. The number of ether oxygens (including phenoxy) is 1. The Kier molecular flexibility index (Phi) is 3.92. The summed E-state index contributed by atoms with van der Waals surface area (Å²) in [5, 5.41) is 0. The van der Waals surface area contributed by atoms with Crippen molar-refractivity contribution >= 4 is 24.0 Å². The maximum atomic E-state index is 12.9. The van der Waals surface area contributed by atoms with Crippen LogP contribution in [0, 0.1) is 5.82 Å². The minimum atomic E-state index is -0.517. The molecular formula is C18H12FNO2. The van der Waals surface area contributed by atoms with Crippen molar-refractivity contribution < 1.29 is 13.9 Å². The molecular weight excluding hydrogens is 281 g/mol. The predicted molar refractivity (Wildman–Crippen MR) is 83.4 cm³/mol. The second-order valence-corrected chi connectivity index (χ2v) is 4.66. The molecule has 1 heterocycles. The van der Waals surface area contributed by atoms with Crippen LogP contribution in [0.2, 0.25) is 0 Å². The van der Waals surface area contributed by atoms with Crippen molar-refractivity contribution in [3.05, 3.63) is 83.3 Å². The minimum absolute atomic E-state index is 0.194. The van der Waals surface area contributed by atoms with E-state index < -0.39 is 5.97 Å². The fourth-order valence-corrected chi connectivity index (χ4v) is 1.95. The molecule has 0 saturated heterocycles. The van der Waals surface area contributed by atoms with Crippen molar-refractivity contribution in [2.24, 2.45) is 4.99 Å². The van der Waals surface area contributed by atoms with Crippen LogP contribution in [0.5, 0.6) is 0 Å². The van der Waals surface area contributed by atoms with E-state index in [1.807, 2.05) is 36.4 Å². The highest BCUT2D eigenvalue weighted by molar-refractivity contribution is 6.11. The van der Waals surface area contributed by atoms with Crippen molar-refractivity contribution in [1.82, 2.24) is 0 Å². The molecule has 0 aliphatic carbocycles. The summed E-state index contributed by atoms with van der Waals surface area (Å²) in [6.07, 6.45) is 5.01. The molecule has 0 amide bonds. The van der Waals surface area contributed by atoms with Gasteiger partial charge in [0, 0.05) is 6.08 Å². The van der Waals surface area contributed by atoms with E-state index in [2.05, 4.69) is 4.99 Å². The van der Waals surface area contributed by atoms with Gasteiger partial charge in [-0.3, -0.25) is 0 Å². The van der Waals surface area contributed by atoms with Gasteiger partial charge in [0.2, 0.25) is 5.90 Å². The van der Waals surface area contributed by atoms with Crippen molar-refractivity contribution in [3.8, 4) is 0 Å². The largest absolute Gasteiger partial charge is 0.403 e. The third kappa shape index (κ3) is 3.35. The number of esters is 1. The molecule has 1 aliphatic heterocycles. The fourth-order valence-electron chi connectivity index (χ4n) is 1.95. The van der Waals surface area contributed by atoms with E-state index in [1.165, 1.54) is 12.1 Å². The summed E-state index contributed by atoms with van der Waals surface area (Å²) in [6, 6.07) is 15.4. The smallest absolute Gasteiger partial charge is 0.363 e. The molecule has 0 aromatic heterocycles. The number of benzene rings is 2. The predicted octanol–water partition coefficient (Wildman–Crippen LogP) is 3.84. The summed E-state index contributed by atoms with van der Waals surface area (Å²) in [5.74, 6) is -0.606. The van der Waals surface area contributed by atoms with Crippen molar-refractivity contribution in [2.45, 2.75) is 0 Å². The van der Waals surface area contributed by atoms with Crippen molar-refractivity contribution in [3.63, 3.8) is 0 Å². The van der Waals surface area contributed by atoms with E-state index in [9.17, 15) is 9.18 Å². The number of nitrogens with zero attached hydrogens (tertiary/aromatic N) is 1. The van der Waals surface area contributed by atoms with E-state index in [4.69, 9.17) is 4.74 Å². The Labute approximate surface area is 127 Å². The Bertz CT molecular complexity index is 774. The molecule has 2 aromatic rings. The first-order chi connectivity index (χ1) is 10.7. The van der Waals surface area contributed by atoms with Gasteiger partial charge in [-0.05, 0) is 35.4 Å². The molecule has 0 fully saturated rings. The summed E-state index contributed by atoms with van der Waals surface area (Å²) in [7, 11) is 0. The maximum Gasteiger partial charge on any atom is 0.363 e. The Morgan fingerprint density at radius 3 is 2.36 bits per heavy atom. The normalized spacial score (nSPS) is 16.1. The zero-order valence-electron chi connectivity index (χ0n) is 11.6. The monoisotopic (exact) mass is 293 g/mol. The van der Waals surface area contributed by atoms with E-state index in [1.54, 1.807) is 24.3 Å². The Hall–Kier alpha value is -3.01. The number of hydrogen-bond acceptors (Lipinski definition) is 3. The molecule has 4 heteroatoms. The number of carbonyl (C=O) groups is 1. The van der Waals surface area contributed by atoms with Crippen LogP contribution in [0.15, 0.2) is 71.4 Å². The van der Waals surface area contributed by atoms with Gasteiger partial charge in [-0.1, -0.05) is 42.5 Å². The highest BCUT2D eigenvalue weighted by Crippen LogP contribution is 2.17. The molecule has 0 spiro atoms. The lowest BCUT2D eigenvalue weighted by Crippen LogP contribution is -2.01. The molecule has 0 radical (unpaired) electrons. The van der Waals surface area contributed by atoms with E-state index in [0.717, 1.165) is 5.56 Å². The fraction of sp³-hybridized carbons (Fsp3) is 0. The Balaban J connectivity index is 1.79. The molecule has 22 heavy (non-hydrogen) atoms. The lowest BCUT2D eigenvalue weighted by Gasteiger charge is -1.93. The lowest BCUT2D eigenvalue weighted by atomic mass is 10.2. The van der Waals surface area contributed by atoms with Gasteiger partial charge in [0.15, 0.2) is 5.70 Å². The van der Waals surface area contributed by atoms with E-state index in [0.29, 0.717) is 5.56 Å². The van der Waals surface area contributed by atoms with Crippen LogP contribution < -0.4 is 0 Å². The second kappa shape index (κ2) is 6.18. The summed E-state index contributed by atoms with van der Waals surface area (Å²) in [4.78, 5) is 15.9. The molecule has 3 rings (SSSR count). The molecule has 0 bridgehead atoms. The minimum Gasteiger partial charge on any atom is -0.403 e. The van der Waals surface area contributed by atoms with Gasteiger partial charge < -0.3 is 4.74 Å². The van der Waals surface area contributed by atoms with Crippen LogP contribution in [-0.4, -0.2) is 11.9 Å². The average Bonchev–Trinajstić information content (AvgIpc) is 2.89. The SMILES string of the molecule is O=C1OC(/C=C/c2ccccc2)=NC/1=C/c1ccc(F)cc1. The van der Waals surface area contributed by atoms with E-state index >= 15 is 0 Å². The summed E-state index contributed by atoms with van der Waals surface area (Å²) >= 11 is 0. The van der Waals surface area contributed by atoms with E-state index in [-0.39, 0.29) is 17.4 Å². The van der Waals surface area contributed by atoms with Gasteiger partial charge in [-0.2, -0.15) is 0 Å². The Morgan fingerprint density at radius 1 is 0.909 bits per heavy atom. The number of hydrogen-bond donors (Lipinski definition) is 0. The maximum absolute atomic E-state index is 12.9. The zero-order chi connectivity index (χ0) is 15.4. The molecule has 0 N–H and O–H groups in total. The highest BCUT2D eigenvalue weighted by atomic mass is 19.1. The zero-order valence-corrected chi connectivity index (χ0v) is 11.6. The van der Waals surface area contributed by atoms with Gasteiger partial charge in [0.05, 0.1) is 0 Å². The van der Waals surface area contributed by atoms with Gasteiger partial charge >= 0.3 is 5.97 Å². The van der Waals surface area contributed by atoms with Crippen molar-refractivity contribution in [2.75, 3.05) is 0 Å². The van der Waals surface area contributed by atoms with Crippen LogP contribution in [0.1, 0.15) is 11.1 Å². The third-order valence-corrected chi connectivity index (χ3v) is 3.03. The van der Waals surface area contributed by atoms with Gasteiger partial charge in [0.25, 0.3) is 0 Å². The van der Waals surface area contributed by atoms with Gasteiger partial charge in [0.1, 0.15) is 5.82 Å². The van der Waals surface area contributed by atoms with Gasteiger partial charge in [-0.15, -0.1) is 0 Å². The quantitative estimate of drug-likeness (QED) is 0.637. The summed E-state index contributed by atoms with van der Waals surface area (Å²) < 4.78 is 17.9.